The summed E-state index contributed by atoms with van der Waals surface area (Å²) in [7, 11) is 2.18. The molecular weight excluding hydrogens is 640 g/mol. The SMILES string of the molecule is CN1CCN(Cc2ccc3n2Cc2ccccc2N(C(=O)c2ccc(-c4ccccc4-c4ccccc4C(=O)O)cc2Br)C3)CC1. The van der Waals surface area contributed by atoms with Gasteiger partial charge in [-0.3, -0.25) is 9.69 Å². The van der Waals surface area contributed by atoms with Crippen LogP contribution in [0.2, 0.25) is 0 Å². The van der Waals surface area contributed by atoms with Gasteiger partial charge in [-0.1, -0.05) is 66.7 Å². The van der Waals surface area contributed by atoms with Crippen LogP contribution in [0, 0.1) is 0 Å². The number of fused-ring (bicyclic) bond motifs is 2. The molecule has 0 saturated carbocycles. The number of aromatic carboxylic acids is 1. The van der Waals surface area contributed by atoms with Crippen LogP contribution in [-0.2, 0) is 19.6 Å². The second kappa shape index (κ2) is 12.7. The van der Waals surface area contributed by atoms with E-state index < -0.39 is 5.97 Å². The van der Waals surface area contributed by atoms with Crippen molar-refractivity contribution in [2.75, 3.05) is 38.1 Å². The lowest BCUT2D eigenvalue weighted by Gasteiger charge is -2.32. The molecule has 0 spiro atoms. The average molecular weight is 676 g/mol. The highest BCUT2D eigenvalue weighted by molar-refractivity contribution is 9.10. The predicted octanol–water partition coefficient (Wildman–Crippen LogP) is 7.24. The third kappa shape index (κ3) is 5.80. The van der Waals surface area contributed by atoms with Crippen molar-refractivity contribution in [1.82, 2.24) is 14.4 Å². The van der Waals surface area contributed by atoms with Crippen LogP contribution in [0.15, 0.2) is 108 Å². The predicted molar refractivity (Wildman–Crippen MR) is 185 cm³/mol. The molecule has 5 aromatic rings. The second-order valence-corrected chi connectivity index (χ2v) is 12.9. The van der Waals surface area contributed by atoms with Gasteiger partial charge in [0.1, 0.15) is 0 Å². The Morgan fingerprint density at radius 2 is 1.43 bits per heavy atom. The quantitative estimate of drug-likeness (QED) is 0.206. The number of amides is 1. The van der Waals surface area contributed by atoms with Crippen LogP contribution in [0.5, 0.6) is 0 Å². The lowest BCUT2D eigenvalue weighted by molar-refractivity contribution is 0.0697. The normalized spacial score (nSPS) is 15.2. The number of hydrogen-bond donors (Lipinski definition) is 1. The van der Waals surface area contributed by atoms with Crippen molar-refractivity contribution in [3.05, 3.63) is 136 Å². The third-order valence-electron chi connectivity index (χ3n) is 9.20. The van der Waals surface area contributed by atoms with Gasteiger partial charge in [0.2, 0.25) is 0 Å². The number of carbonyl (C=O) groups is 2. The summed E-state index contributed by atoms with van der Waals surface area (Å²) in [6, 6.07) is 33.2. The maximum Gasteiger partial charge on any atom is 0.336 e. The molecular formula is C38H35BrN4O3. The second-order valence-electron chi connectivity index (χ2n) is 12.1. The van der Waals surface area contributed by atoms with E-state index >= 15 is 0 Å². The number of likely N-dealkylation sites (N-methyl/N-ethyl adjacent to an activating group) is 1. The number of piperazine rings is 1. The highest BCUT2D eigenvalue weighted by Crippen LogP contribution is 2.37. The smallest absolute Gasteiger partial charge is 0.336 e. The fourth-order valence-electron chi connectivity index (χ4n) is 6.65. The molecule has 1 fully saturated rings. The first kappa shape index (κ1) is 30.2. The van der Waals surface area contributed by atoms with Crippen LogP contribution < -0.4 is 4.90 Å². The van der Waals surface area contributed by atoms with E-state index in [1.807, 2.05) is 77.7 Å². The van der Waals surface area contributed by atoms with Crippen molar-refractivity contribution in [1.29, 1.82) is 0 Å². The molecule has 2 aliphatic heterocycles. The van der Waals surface area contributed by atoms with Gasteiger partial charge in [-0.05, 0) is 87.2 Å². The van der Waals surface area contributed by atoms with Gasteiger partial charge in [0.05, 0.1) is 17.7 Å². The maximum absolute atomic E-state index is 14.4. The van der Waals surface area contributed by atoms with Crippen molar-refractivity contribution >= 4 is 33.5 Å². The van der Waals surface area contributed by atoms with Gasteiger partial charge in [0, 0.05) is 60.8 Å². The van der Waals surface area contributed by atoms with Crippen molar-refractivity contribution in [2.24, 2.45) is 0 Å². The van der Waals surface area contributed by atoms with Gasteiger partial charge in [-0.15, -0.1) is 0 Å². The van der Waals surface area contributed by atoms with Crippen LogP contribution in [0.3, 0.4) is 0 Å². The first-order valence-electron chi connectivity index (χ1n) is 15.6. The zero-order valence-corrected chi connectivity index (χ0v) is 27.3. The minimum atomic E-state index is -0.970. The molecule has 1 aromatic heterocycles. The number of anilines is 1. The summed E-state index contributed by atoms with van der Waals surface area (Å²) >= 11 is 3.73. The van der Waals surface area contributed by atoms with E-state index in [2.05, 4.69) is 55.5 Å². The zero-order chi connectivity index (χ0) is 31.8. The number of halogens is 1. The Bertz CT molecular complexity index is 1940. The van der Waals surface area contributed by atoms with Crippen LogP contribution >= 0.6 is 15.9 Å². The van der Waals surface area contributed by atoms with E-state index in [1.165, 1.54) is 5.69 Å². The van der Waals surface area contributed by atoms with E-state index in [9.17, 15) is 14.7 Å². The van der Waals surface area contributed by atoms with Crippen molar-refractivity contribution in [2.45, 2.75) is 19.6 Å². The summed E-state index contributed by atoms with van der Waals surface area (Å²) in [5, 5.41) is 9.83. The summed E-state index contributed by atoms with van der Waals surface area (Å²) in [6.07, 6.45) is 0. The number of hydrogen-bond acceptors (Lipinski definition) is 4. The number of rotatable bonds is 6. The molecule has 7 rings (SSSR count). The molecule has 1 N–H and O–H groups in total. The summed E-state index contributed by atoms with van der Waals surface area (Å²) in [4.78, 5) is 33.1. The highest BCUT2D eigenvalue weighted by Gasteiger charge is 2.28. The Kier molecular flexibility index (Phi) is 8.34. The van der Waals surface area contributed by atoms with E-state index in [-0.39, 0.29) is 11.5 Å². The van der Waals surface area contributed by atoms with E-state index in [4.69, 9.17) is 0 Å². The fraction of sp³-hybridized carbons (Fsp3) is 0.211. The molecule has 232 valence electrons. The van der Waals surface area contributed by atoms with Gasteiger partial charge in [0.15, 0.2) is 0 Å². The minimum absolute atomic E-state index is 0.0781. The number of carboxylic acid groups (broad SMARTS) is 1. The molecule has 7 nitrogen and oxygen atoms in total. The zero-order valence-electron chi connectivity index (χ0n) is 25.7. The Balaban J connectivity index is 1.21. The number of carbonyl (C=O) groups excluding carboxylic acids is 1. The van der Waals surface area contributed by atoms with E-state index in [0.717, 1.165) is 72.9 Å². The van der Waals surface area contributed by atoms with Gasteiger partial charge >= 0.3 is 5.97 Å². The molecule has 8 heteroatoms. The molecule has 1 saturated heterocycles. The number of carboxylic acids is 1. The summed E-state index contributed by atoms with van der Waals surface area (Å²) < 4.78 is 3.07. The Hall–Kier alpha value is -4.50. The number of para-hydroxylation sites is 1. The molecule has 0 radical (unpaired) electrons. The molecule has 4 aromatic carbocycles. The lowest BCUT2D eigenvalue weighted by atomic mass is 9.91. The monoisotopic (exact) mass is 674 g/mol. The summed E-state index contributed by atoms with van der Waals surface area (Å²) in [6.45, 7) is 6.36. The number of benzene rings is 4. The maximum atomic E-state index is 14.4. The molecule has 3 heterocycles. The Morgan fingerprint density at radius 1 is 0.739 bits per heavy atom. The lowest BCUT2D eigenvalue weighted by Crippen LogP contribution is -2.44. The Morgan fingerprint density at radius 3 is 2.20 bits per heavy atom. The number of aromatic nitrogens is 1. The largest absolute Gasteiger partial charge is 0.478 e. The molecule has 0 unspecified atom stereocenters. The molecule has 2 aliphatic rings. The highest BCUT2D eigenvalue weighted by atomic mass is 79.9. The van der Waals surface area contributed by atoms with Crippen LogP contribution in [0.1, 0.15) is 37.7 Å². The molecule has 0 bridgehead atoms. The van der Waals surface area contributed by atoms with Gasteiger partial charge in [-0.2, -0.15) is 0 Å². The summed E-state index contributed by atoms with van der Waals surface area (Å²) in [5.74, 6) is -1.05. The first-order valence-corrected chi connectivity index (χ1v) is 16.4. The van der Waals surface area contributed by atoms with Crippen LogP contribution in [0.4, 0.5) is 5.69 Å². The standard InChI is InChI=1S/C38H35BrN4O3/c1-40-18-20-41(21-19-40)24-28-15-16-29-25-43(36-13-7-2-8-27(36)23-42(28)29)37(44)34-17-14-26(22-35(34)39)30-9-3-4-10-31(30)32-11-5-6-12-33(32)38(45)46/h2-17,22H,18-21,23-25H2,1H3,(H,45,46). The van der Waals surface area contributed by atoms with Crippen molar-refractivity contribution < 1.29 is 14.7 Å². The van der Waals surface area contributed by atoms with E-state index in [0.29, 0.717) is 22.1 Å². The topological polar surface area (TPSA) is 69.0 Å². The first-order chi connectivity index (χ1) is 22.4. The van der Waals surface area contributed by atoms with Crippen LogP contribution in [0.25, 0.3) is 22.3 Å². The van der Waals surface area contributed by atoms with Crippen LogP contribution in [-0.4, -0.2) is 64.6 Å². The third-order valence-corrected chi connectivity index (χ3v) is 9.86. The Labute approximate surface area is 277 Å². The van der Waals surface area contributed by atoms with Gasteiger partial charge < -0.3 is 19.5 Å². The van der Waals surface area contributed by atoms with E-state index in [1.54, 1.807) is 12.1 Å². The summed E-state index contributed by atoms with van der Waals surface area (Å²) in [5.41, 5.74) is 8.50. The fourth-order valence-corrected chi connectivity index (χ4v) is 7.20. The molecule has 46 heavy (non-hydrogen) atoms. The number of nitrogens with zero attached hydrogens (tertiary/aromatic N) is 4. The van der Waals surface area contributed by atoms with Gasteiger partial charge in [0.25, 0.3) is 5.91 Å². The molecule has 0 aliphatic carbocycles. The van der Waals surface area contributed by atoms with Crippen molar-refractivity contribution in [3.8, 4) is 22.3 Å². The minimum Gasteiger partial charge on any atom is -0.478 e. The van der Waals surface area contributed by atoms with Gasteiger partial charge in [-0.25, -0.2) is 4.79 Å². The molecule has 0 atom stereocenters. The average Bonchev–Trinajstić information content (AvgIpc) is 3.35. The van der Waals surface area contributed by atoms with Crippen molar-refractivity contribution in [3.63, 3.8) is 0 Å². The molecule has 1 amide bonds.